The Kier molecular flexibility index (Phi) is 6.26. The fraction of sp³-hybridized carbons (Fsp3) is 0.250. The molecule has 0 fully saturated rings. The van der Waals surface area contributed by atoms with Gasteiger partial charge in [0, 0.05) is 30.6 Å². The van der Waals surface area contributed by atoms with Crippen molar-refractivity contribution in [1.29, 1.82) is 0 Å². The number of ether oxygens (including phenoxy) is 1. The summed E-state index contributed by atoms with van der Waals surface area (Å²) in [6, 6.07) is 20.9. The van der Waals surface area contributed by atoms with Gasteiger partial charge in [0.05, 0.1) is 18.6 Å². The van der Waals surface area contributed by atoms with Gasteiger partial charge in [0.15, 0.2) is 0 Å². The molecule has 0 aliphatic carbocycles. The summed E-state index contributed by atoms with van der Waals surface area (Å²) in [5, 5.41) is 5.07. The van der Waals surface area contributed by atoms with E-state index in [1.165, 1.54) is 0 Å². The second-order valence-electron chi connectivity index (χ2n) is 7.22. The lowest BCUT2D eigenvalue weighted by Crippen LogP contribution is -2.48. The molecule has 2 amide bonds. The Balaban J connectivity index is 1.72. The van der Waals surface area contributed by atoms with E-state index in [-0.39, 0.29) is 17.9 Å². The topological polar surface area (TPSA) is 58.6 Å². The smallest absolute Gasteiger partial charge is 0.254 e. The summed E-state index contributed by atoms with van der Waals surface area (Å²) in [6.07, 6.45) is 0. The molecule has 5 nitrogen and oxygen atoms in total. The minimum Gasteiger partial charge on any atom is -0.383 e. The molecule has 1 aromatic heterocycles. The maximum absolute atomic E-state index is 13.5. The van der Waals surface area contributed by atoms with Gasteiger partial charge in [-0.1, -0.05) is 54.6 Å². The molecule has 1 aliphatic rings. The third kappa shape index (κ3) is 4.01. The summed E-state index contributed by atoms with van der Waals surface area (Å²) in [6.45, 7) is 1.28. The van der Waals surface area contributed by atoms with Gasteiger partial charge in [0.1, 0.15) is 0 Å². The van der Waals surface area contributed by atoms with Crippen LogP contribution in [0.5, 0.6) is 0 Å². The molecule has 30 heavy (non-hydrogen) atoms. The maximum atomic E-state index is 13.5. The molecule has 6 heteroatoms. The fourth-order valence-corrected chi connectivity index (χ4v) is 4.86. The monoisotopic (exact) mass is 420 g/mol. The minimum absolute atomic E-state index is 0.0619. The third-order valence-electron chi connectivity index (χ3n) is 5.40. The van der Waals surface area contributed by atoms with Crippen LogP contribution in [0.2, 0.25) is 0 Å². The lowest BCUT2D eigenvalue weighted by Gasteiger charge is -2.41. The Morgan fingerprint density at radius 1 is 1.07 bits per heavy atom. The molecule has 3 aromatic rings. The van der Waals surface area contributed by atoms with Gasteiger partial charge in [0.2, 0.25) is 5.91 Å². The van der Waals surface area contributed by atoms with Crippen molar-refractivity contribution < 1.29 is 14.3 Å². The molecule has 0 unspecified atom stereocenters. The van der Waals surface area contributed by atoms with Crippen LogP contribution in [0.4, 0.5) is 0 Å². The number of amides is 2. The molecule has 0 spiro atoms. The van der Waals surface area contributed by atoms with Crippen LogP contribution in [0.1, 0.15) is 38.3 Å². The number of nitrogens with zero attached hydrogens (tertiary/aromatic N) is 1. The molecule has 2 aromatic carbocycles. The van der Waals surface area contributed by atoms with Gasteiger partial charge in [-0.05, 0) is 28.6 Å². The molecule has 1 aliphatic heterocycles. The number of hydrogen-bond acceptors (Lipinski definition) is 4. The van der Waals surface area contributed by atoms with Crippen LogP contribution in [-0.4, -0.2) is 37.0 Å². The first-order valence-corrected chi connectivity index (χ1v) is 10.8. The normalized spacial score (nSPS) is 18.2. The predicted octanol–water partition coefficient (Wildman–Crippen LogP) is 3.99. The summed E-state index contributed by atoms with van der Waals surface area (Å²) in [4.78, 5) is 29.6. The van der Waals surface area contributed by atoms with Crippen molar-refractivity contribution in [2.24, 2.45) is 0 Å². The van der Waals surface area contributed by atoms with Gasteiger partial charge >= 0.3 is 0 Å². The zero-order valence-corrected chi connectivity index (χ0v) is 17.6. The Hall–Kier alpha value is -2.96. The predicted molar refractivity (Wildman–Crippen MR) is 117 cm³/mol. The van der Waals surface area contributed by atoms with E-state index in [0.29, 0.717) is 25.3 Å². The van der Waals surface area contributed by atoms with Crippen LogP contribution in [0.15, 0.2) is 72.1 Å². The van der Waals surface area contributed by atoms with Gasteiger partial charge in [-0.3, -0.25) is 9.59 Å². The van der Waals surface area contributed by atoms with E-state index >= 15 is 0 Å². The lowest BCUT2D eigenvalue weighted by atomic mass is 9.81. The molecular formula is C24H24N2O3S. The summed E-state index contributed by atoms with van der Waals surface area (Å²) in [7, 11) is 1.62. The maximum Gasteiger partial charge on any atom is 0.254 e. The number of hydrogen-bond donors (Lipinski definition) is 1. The van der Waals surface area contributed by atoms with Gasteiger partial charge in [-0.2, -0.15) is 0 Å². The Morgan fingerprint density at radius 2 is 1.83 bits per heavy atom. The summed E-state index contributed by atoms with van der Waals surface area (Å²) in [5.74, 6) is -0.633. The van der Waals surface area contributed by atoms with Gasteiger partial charge in [-0.25, -0.2) is 0 Å². The highest BCUT2D eigenvalue weighted by atomic mass is 32.1. The van der Waals surface area contributed by atoms with Crippen LogP contribution in [-0.2, 0) is 16.1 Å². The molecule has 0 radical (unpaired) electrons. The summed E-state index contributed by atoms with van der Waals surface area (Å²) < 4.78 is 5.26. The highest BCUT2D eigenvalue weighted by Gasteiger charge is 2.44. The van der Waals surface area contributed by atoms with Crippen molar-refractivity contribution in [2.75, 3.05) is 20.3 Å². The standard InChI is InChI=1S/C24H24N2O3S/c1-29-14-13-26-22(20-12-7-15-30-20)21(18-10-5-6-11-19(18)24(26)28)23(27)25-16-17-8-3-2-4-9-17/h2-12,15,21-22H,13-14,16H2,1H3,(H,25,27)/t21-,22+/m0/s1. The fourth-order valence-electron chi connectivity index (χ4n) is 3.98. The zero-order valence-electron chi connectivity index (χ0n) is 16.8. The van der Waals surface area contributed by atoms with E-state index in [1.54, 1.807) is 29.4 Å². The summed E-state index contributed by atoms with van der Waals surface area (Å²) in [5.41, 5.74) is 2.40. The van der Waals surface area contributed by atoms with Crippen molar-refractivity contribution in [2.45, 2.75) is 18.5 Å². The van der Waals surface area contributed by atoms with Crippen LogP contribution in [0.3, 0.4) is 0 Å². The Morgan fingerprint density at radius 3 is 2.57 bits per heavy atom. The van der Waals surface area contributed by atoms with E-state index in [0.717, 1.165) is 16.0 Å². The largest absolute Gasteiger partial charge is 0.383 e. The molecule has 1 N–H and O–H groups in total. The molecule has 0 saturated heterocycles. The lowest BCUT2D eigenvalue weighted by molar-refractivity contribution is -0.124. The first-order chi connectivity index (χ1) is 14.7. The van der Waals surface area contributed by atoms with E-state index in [2.05, 4.69) is 5.32 Å². The molecule has 0 saturated carbocycles. The third-order valence-corrected chi connectivity index (χ3v) is 6.34. The van der Waals surface area contributed by atoms with Crippen molar-refractivity contribution in [3.8, 4) is 0 Å². The van der Waals surface area contributed by atoms with Crippen molar-refractivity contribution >= 4 is 23.2 Å². The number of thiophene rings is 1. The minimum atomic E-state index is -0.488. The molecule has 2 atom stereocenters. The summed E-state index contributed by atoms with van der Waals surface area (Å²) >= 11 is 1.56. The highest BCUT2D eigenvalue weighted by molar-refractivity contribution is 7.10. The molecule has 154 valence electrons. The quantitative estimate of drug-likeness (QED) is 0.629. The Bertz CT molecular complexity index is 1000. The number of benzene rings is 2. The number of rotatable bonds is 7. The SMILES string of the molecule is COCCN1C(=O)c2ccccc2[C@H](C(=O)NCc2ccccc2)[C@H]1c1cccs1. The molecule has 0 bridgehead atoms. The number of fused-ring (bicyclic) bond motifs is 1. The van der Waals surface area contributed by atoms with Gasteiger partial charge in [-0.15, -0.1) is 11.3 Å². The Labute approximate surface area is 180 Å². The number of carbonyl (C=O) groups excluding carboxylic acids is 2. The van der Waals surface area contributed by atoms with Gasteiger partial charge in [0.25, 0.3) is 5.91 Å². The van der Waals surface area contributed by atoms with Crippen LogP contribution < -0.4 is 5.32 Å². The molecule has 2 heterocycles. The number of carbonyl (C=O) groups is 2. The highest BCUT2D eigenvalue weighted by Crippen LogP contribution is 2.44. The van der Waals surface area contributed by atoms with E-state index in [4.69, 9.17) is 4.74 Å². The van der Waals surface area contributed by atoms with E-state index in [1.807, 2.05) is 66.0 Å². The number of methoxy groups -OCH3 is 1. The first kappa shape index (κ1) is 20.3. The first-order valence-electron chi connectivity index (χ1n) is 9.94. The van der Waals surface area contributed by atoms with Crippen molar-refractivity contribution in [1.82, 2.24) is 10.2 Å². The molecule has 4 rings (SSSR count). The van der Waals surface area contributed by atoms with Gasteiger partial charge < -0.3 is 15.0 Å². The van der Waals surface area contributed by atoms with Crippen molar-refractivity contribution in [3.63, 3.8) is 0 Å². The van der Waals surface area contributed by atoms with E-state index in [9.17, 15) is 9.59 Å². The second kappa shape index (κ2) is 9.24. The van der Waals surface area contributed by atoms with Crippen LogP contribution >= 0.6 is 11.3 Å². The van der Waals surface area contributed by atoms with E-state index < -0.39 is 5.92 Å². The second-order valence-corrected chi connectivity index (χ2v) is 8.20. The zero-order chi connectivity index (χ0) is 20.9. The number of nitrogens with one attached hydrogen (secondary N) is 1. The van der Waals surface area contributed by atoms with Crippen LogP contribution in [0.25, 0.3) is 0 Å². The van der Waals surface area contributed by atoms with Crippen LogP contribution in [0, 0.1) is 0 Å². The average molecular weight is 421 g/mol. The average Bonchev–Trinajstić information content (AvgIpc) is 3.32. The van der Waals surface area contributed by atoms with Crippen molar-refractivity contribution in [3.05, 3.63) is 93.7 Å². The molecular weight excluding hydrogens is 396 g/mol.